The maximum Gasteiger partial charge on any atom is 0.336 e. The molecule has 11 heteroatoms. The van der Waals surface area contributed by atoms with Crippen LogP contribution in [-0.4, -0.2) is 55.7 Å². The topological polar surface area (TPSA) is 98.8 Å². The Hall–Kier alpha value is -2.50. The first-order valence-electron chi connectivity index (χ1n) is 10.5. The minimum absolute atomic E-state index is 0.0356. The molecule has 0 radical (unpaired) electrons. The van der Waals surface area contributed by atoms with Crippen LogP contribution >= 0.6 is 11.3 Å². The third-order valence-corrected chi connectivity index (χ3v) is 8.98. The summed E-state index contributed by atoms with van der Waals surface area (Å²) in [6, 6.07) is 6.59. The van der Waals surface area contributed by atoms with Crippen LogP contribution < -0.4 is 10.9 Å². The molecule has 2 heterocycles. The van der Waals surface area contributed by atoms with Gasteiger partial charge in [-0.25, -0.2) is 23.0 Å². The molecule has 1 aliphatic heterocycles. The van der Waals surface area contributed by atoms with Crippen molar-refractivity contribution in [2.45, 2.75) is 31.1 Å². The summed E-state index contributed by atoms with van der Waals surface area (Å²) < 4.78 is 40.4. The number of hydrogen-bond donors (Lipinski definition) is 2. The molecule has 3 amide bonds. The third kappa shape index (κ3) is 4.64. The van der Waals surface area contributed by atoms with Crippen molar-refractivity contribution >= 4 is 33.3 Å². The SMILES string of the molecule is CC1CCc2sc(C(=O)NNC(=O)N3CCN(S(=O)(=O)c4ccccc4F)CC3)cc2C1. The van der Waals surface area contributed by atoms with Crippen LogP contribution in [-0.2, 0) is 22.9 Å². The zero-order valence-corrected chi connectivity index (χ0v) is 19.3. The van der Waals surface area contributed by atoms with Gasteiger partial charge in [0.1, 0.15) is 10.7 Å². The lowest BCUT2D eigenvalue weighted by Crippen LogP contribution is -2.56. The Balaban J connectivity index is 1.30. The van der Waals surface area contributed by atoms with E-state index in [1.807, 2.05) is 6.07 Å². The Morgan fingerprint density at radius 3 is 2.56 bits per heavy atom. The Bertz CT molecular complexity index is 1130. The average molecular weight is 481 g/mol. The lowest BCUT2D eigenvalue weighted by Gasteiger charge is -2.33. The second-order valence-electron chi connectivity index (χ2n) is 8.11. The summed E-state index contributed by atoms with van der Waals surface area (Å²) >= 11 is 1.45. The van der Waals surface area contributed by atoms with Crippen molar-refractivity contribution in [3.8, 4) is 0 Å². The molecule has 1 saturated heterocycles. The van der Waals surface area contributed by atoms with Gasteiger partial charge >= 0.3 is 6.03 Å². The zero-order valence-electron chi connectivity index (χ0n) is 17.6. The van der Waals surface area contributed by atoms with E-state index in [1.54, 1.807) is 0 Å². The van der Waals surface area contributed by atoms with Gasteiger partial charge in [-0.3, -0.25) is 10.2 Å². The van der Waals surface area contributed by atoms with Crippen LogP contribution in [0.5, 0.6) is 0 Å². The summed E-state index contributed by atoms with van der Waals surface area (Å²) in [5.41, 5.74) is 6.05. The number of hydrazine groups is 1. The molecule has 4 rings (SSSR count). The van der Waals surface area contributed by atoms with Crippen LogP contribution in [0.2, 0.25) is 0 Å². The van der Waals surface area contributed by atoms with Gasteiger partial charge in [-0.15, -0.1) is 11.3 Å². The summed E-state index contributed by atoms with van der Waals surface area (Å²) in [7, 11) is -3.98. The van der Waals surface area contributed by atoms with Gasteiger partial charge in [0.2, 0.25) is 10.0 Å². The number of fused-ring (bicyclic) bond motifs is 1. The molecule has 2 N–H and O–H groups in total. The summed E-state index contributed by atoms with van der Waals surface area (Å²) in [5, 5.41) is 0. The number of piperazine rings is 1. The molecule has 1 aliphatic carbocycles. The van der Waals surface area contributed by atoms with Gasteiger partial charge in [-0.2, -0.15) is 4.31 Å². The third-order valence-electron chi connectivity index (χ3n) is 5.82. The number of nitrogens with one attached hydrogen (secondary N) is 2. The first-order valence-corrected chi connectivity index (χ1v) is 12.7. The number of urea groups is 1. The van der Waals surface area contributed by atoms with Crippen molar-refractivity contribution < 1.29 is 22.4 Å². The number of rotatable bonds is 3. The molecule has 0 bridgehead atoms. The smallest absolute Gasteiger partial charge is 0.321 e. The number of nitrogens with zero attached hydrogens (tertiary/aromatic N) is 2. The predicted octanol–water partition coefficient (Wildman–Crippen LogP) is 2.37. The van der Waals surface area contributed by atoms with Gasteiger partial charge in [0.05, 0.1) is 4.88 Å². The number of sulfonamides is 1. The number of halogens is 1. The van der Waals surface area contributed by atoms with E-state index in [4.69, 9.17) is 0 Å². The van der Waals surface area contributed by atoms with E-state index in [0.717, 1.165) is 29.6 Å². The van der Waals surface area contributed by atoms with E-state index in [9.17, 15) is 22.4 Å². The highest BCUT2D eigenvalue weighted by Gasteiger charge is 2.32. The van der Waals surface area contributed by atoms with Crippen LogP contribution in [0.15, 0.2) is 35.2 Å². The number of benzene rings is 1. The molecule has 172 valence electrons. The van der Waals surface area contributed by atoms with Gasteiger partial charge < -0.3 is 4.90 Å². The molecule has 1 fully saturated rings. The molecule has 8 nitrogen and oxygen atoms in total. The van der Waals surface area contributed by atoms with Gasteiger partial charge in [0, 0.05) is 31.1 Å². The Morgan fingerprint density at radius 2 is 1.84 bits per heavy atom. The molecule has 1 unspecified atom stereocenters. The van der Waals surface area contributed by atoms with Gasteiger partial charge in [0.15, 0.2) is 0 Å². The summed E-state index contributed by atoms with van der Waals surface area (Å²) in [6.07, 6.45) is 3.05. The first kappa shape index (κ1) is 22.7. The van der Waals surface area contributed by atoms with Gasteiger partial charge in [-0.05, 0) is 48.9 Å². The molecule has 2 aliphatic rings. The predicted molar refractivity (Wildman–Crippen MR) is 118 cm³/mol. The summed E-state index contributed by atoms with van der Waals surface area (Å²) in [4.78, 5) is 27.7. The molecular weight excluding hydrogens is 455 g/mol. The fourth-order valence-corrected chi connectivity index (χ4v) is 6.58. The number of thiophene rings is 1. The molecule has 1 aromatic heterocycles. The number of carbonyl (C=O) groups is 2. The molecule has 32 heavy (non-hydrogen) atoms. The number of aryl methyl sites for hydroxylation is 1. The minimum atomic E-state index is -3.98. The highest BCUT2D eigenvalue weighted by atomic mass is 32.2. The lowest BCUT2D eigenvalue weighted by molar-refractivity contribution is 0.0930. The van der Waals surface area contributed by atoms with Crippen molar-refractivity contribution in [3.05, 3.63) is 51.5 Å². The monoisotopic (exact) mass is 480 g/mol. The van der Waals surface area contributed by atoms with E-state index in [0.29, 0.717) is 10.8 Å². The van der Waals surface area contributed by atoms with Gasteiger partial charge in [0.25, 0.3) is 5.91 Å². The second kappa shape index (κ2) is 9.16. The Labute approximate surface area is 190 Å². The average Bonchev–Trinajstić information content (AvgIpc) is 3.21. The van der Waals surface area contributed by atoms with E-state index in [1.165, 1.54) is 44.9 Å². The number of carbonyl (C=O) groups excluding carboxylic acids is 2. The lowest BCUT2D eigenvalue weighted by atomic mass is 9.90. The normalized spacial score (nSPS) is 19.3. The molecule has 1 aromatic carbocycles. The van der Waals surface area contributed by atoms with E-state index >= 15 is 0 Å². The minimum Gasteiger partial charge on any atom is -0.321 e. The molecule has 2 aromatic rings. The molecule has 0 spiro atoms. The van der Waals surface area contributed by atoms with Crippen LogP contribution in [0.1, 0.15) is 33.5 Å². The van der Waals surface area contributed by atoms with Crippen molar-refractivity contribution in [1.82, 2.24) is 20.1 Å². The summed E-state index contributed by atoms with van der Waals surface area (Å²) in [6.45, 7) is 2.52. The van der Waals surface area contributed by atoms with E-state index in [-0.39, 0.29) is 37.0 Å². The fourth-order valence-electron chi connectivity index (χ4n) is 3.99. The highest BCUT2D eigenvalue weighted by molar-refractivity contribution is 7.89. The largest absolute Gasteiger partial charge is 0.336 e. The molecule has 1 atom stereocenters. The number of amides is 3. The van der Waals surface area contributed by atoms with Gasteiger partial charge in [-0.1, -0.05) is 19.1 Å². The van der Waals surface area contributed by atoms with Crippen molar-refractivity contribution in [3.63, 3.8) is 0 Å². The summed E-state index contributed by atoms with van der Waals surface area (Å²) in [5.74, 6) is -0.570. The van der Waals surface area contributed by atoms with Crippen LogP contribution in [0.25, 0.3) is 0 Å². The van der Waals surface area contributed by atoms with Crippen molar-refractivity contribution in [2.75, 3.05) is 26.2 Å². The van der Waals surface area contributed by atoms with E-state index < -0.39 is 21.9 Å². The van der Waals surface area contributed by atoms with Crippen LogP contribution in [0, 0.1) is 11.7 Å². The fraction of sp³-hybridized carbons (Fsp3) is 0.429. The highest BCUT2D eigenvalue weighted by Crippen LogP contribution is 2.32. The quantitative estimate of drug-likeness (QED) is 0.659. The molecular formula is C21H25FN4O4S2. The molecule has 0 saturated carbocycles. The maximum atomic E-state index is 13.9. The maximum absolute atomic E-state index is 13.9. The van der Waals surface area contributed by atoms with Crippen LogP contribution in [0.4, 0.5) is 9.18 Å². The van der Waals surface area contributed by atoms with Crippen molar-refractivity contribution in [2.24, 2.45) is 5.92 Å². The van der Waals surface area contributed by atoms with Crippen molar-refractivity contribution in [1.29, 1.82) is 0 Å². The first-order chi connectivity index (χ1) is 15.3. The van der Waals surface area contributed by atoms with Crippen LogP contribution in [0.3, 0.4) is 0 Å². The Kier molecular flexibility index (Phi) is 6.50. The second-order valence-corrected chi connectivity index (χ2v) is 11.2. The van der Waals surface area contributed by atoms with E-state index in [2.05, 4.69) is 17.8 Å². The number of hydrogen-bond acceptors (Lipinski definition) is 5. The zero-order chi connectivity index (χ0) is 22.9. The standard InChI is InChI=1S/C21H25FN4O4S2/c1-14-6-7-17-15(12-14)13-18(31-17)20(27)23-24-21(28)25-8-10-26(11-9-25)32(29,30)19-5-3-2-4-16(19)22/h2-5,13-14H,6-12H2,1H3,(H,23,27)(H,24,28). The Morgan fingerprint density at radius 1 is 1.12 bits per heavy atom.